The summed E-state index contributed by atoms with van der Waals surface area (Å²) in [6.07, 6.45) is 67.6. The van der Waals surface area contributed by atoms with Crippen molar-refractivity contribution >= 4 is 19.8 Å². The van der Waals surface area contributed by atoms with E-state index in [0.717, 1.165) is 64.2 Å². The van der Waals surface area contributed by atoms with Crippen LogP contribution in [0, 0.1) is 0 Å². The largest absolute Gasteiger partial charge is 0.472 e. The lowest BCUT2D eigenvalue weighted by molar-refractivity contribution is -0.161. The maximum atomic E-state index is 12.6. The number of hydrogen-bond acceptors (Lipinski definition) is 8. The van der Waals surface area contributed by atoms with Gasteiger partial charge in [-0.1, -0.05) is 254 Å². The Hall–Kier alpha value is -2.29. The molecule has 9 nitrogen and oxygen atoms in total. The summed E-state index contributed by atoms with van der Waals surface area (Å²) in [5, 5.41) is 0. The molecule has 396 valence electrons. The van der Waals surface area contributed by atoms with Crippen molar-refractivity contribution in [2.75, 3.05) is 26.4 Å². The highest BCUT2D eigenvalue weighted by Crippen LogP contribution is 2.43. The van der Waals surface area contributed by atoms with Gasteiger partial charge in [0.25, 0.3) is 0 Å². The van der Waals surface area contributed by atoms with Crippen LogP contribution in [0.2, 0.25) is 0 Å². The molecule has 2 unspecified atom stereocenters. The number of carbonyl (C=O) groups is 2. The SMILES string of the molecule is CC/C=C\C/C=C\C/C=C\C/C=C\C/C=C\CCCCCCCCCCCCCCCCCCCCCCCCCC(=O)OC(COC(=O)CCCCCCCCCC)COP(=O)(O)OCCN. The highest BCUT2D eigenvalue weighted by atomic mass is 31.2. The minimum absolute atomic E-state index is 0.0550. The number of esters is 2. The first-order valence-corrected chi connectivity index (χ1v) is 29.8. The summed E-state index contributed by atoms with van der Waals surface area (Å²) in [5.41, 5.74) is 5.35. The summed E-state index contributed by atoms with van der Waals surface area (Å²) in [6.45, 7) is 3.61. The van der Waals surface area contributed by atoms with Crippen molar-refractivity contribution in [1.29, 1.82) is 0 Å². The molecule has 0 aliphatic rings. The lowest BCUT2D eigenvalue weighted by atomic mass is 10.0. The van der Waals surface area contributed by atoms with E-state index in [-0.39, 0.29) is 38.6 Å². The van der Waals surface area contributed by atoms with E-state index >= 15 is 0 Å². The molecule has 0 rings (SSSR count). The second-order valence-electron chi connectivity index (χ2n) is 18.8. The Morgan fingerprint density at radius 2 is 0.809 bits per heavy atom. The highest BCUT2D eigenvalue weighted by molar-refractivity contribution is 7.47. The molecule has 0 aromatic heterocycles. The van der Waals surface area contributed by atoms with Crippen molar-refractivity contribution in [3.05, 3.63) is 60.8 Å². The van der Waals surface area contributed by atoms with E-state index in [2.05, 4.69) is 74.6 Å². The van der Waals surface area contributed by atoms with E-state index in [1.807, 2.05) is 0 Å². The zero-order valence-corrected chi connectivity index (χ0v) is 45.0. The van der Waals surface area contributed by atoms with Gasteiger partial charge in [-0.25, -0.2) is 4.57 Å². The summed E-state index contributed by atoms with van der Waals surface area (Å²) in [7, 11) is -4.37. The Labute approximate surface area is 419 Å². The van der Waals surface area contributed by atoms with Gasteiger partial charge in [-0.2, -0.15) is 0 Å². The fourth-order valence-corrected chi connectivity index (χ4v) is 8.78. The molecule has 0 aromatic rings. The topological polar surface area (TPSA) is 134 Å². The smallest absolute Gasteiger partial charge is 0.462 e. The van der Waals surface area contributed by atoms with Gasteiger partial charge in [-0.05, 0) is 57.8 Å². The average molecular weight is 976 g/mol. The molecule has 10 heteroatoms. The number of unbranched alkanes of at least 4 members (excludes halogenated alkanes) is 30. The zero-order valence-electron chi connectivity index (χ0n) is 44.1. The Morgan fingerprint density at radius 3 is 1.21 bits per heavy atom. The molecular formula is C58H106NO8P. The number of carbonyl (C=O) groups excluding carboxylic acids is 2. The number of rotatable bonds is 53. The van der Waals surface area contributed by atoms with Crippen molar-refractivity contribution in [1.82, 2.24) is 0 Å². The number of allylic oxidation sites excluding steroid dienone is 10. The summed E-state index contributed by atoms with van der Waals surface area (Å²) in [5.74, 6) is -0.822. The molecule has 0 bridgehead atoms. The van der Waals surface area contributed by atoms with Crippen LogP contribution in [0.1, 0.15) is 264 Å². The van der Waals surface area contributed by atoms with Gasteiger partial charge in [0.05, 0.1) is 13.2 Å². The molecule has 0 saturated carbocycles. The van der Waals surface area contributed by atoms with Gasteiger partial charge in [0.2, 0.25) is 0 Å². The summed E-state index contributed by atoms with van der Waals surface area (Å²) >= 11 is 0. The molecule has 0 heterocycles. The predicted octanol–water partition coefficient (Wildman–Crippen LogP) is 17.6. The van der Waals surface area contributed by atoms with Crippen molar-refractivity contribution in [3.63, 3.8) is 0 Å². The van der Waals surface area contributed by atoms with Gasteiger partial charge in [0, 0.05) is 19.4 Å². The summed E-state index contributed by atoms with van der Waals surface area (Å²) in [4.78, 5) is 34.9. The quantitative estimate of drug-likeness (QED) is 0.0264. The zero-order chi connectivity index (χ0) is 49.5. The van der Waals surface area contributed by atoms with Gasteiger partial charge in [0.15, 0.2) is 6.10 Å². The van der Waals surface area contributed by atoms with E-state index in [9.17, 15) is 19.0 Å². The Kier molecular flexibility index (Phi) is 52.2. The predicted molar refractivity (Wildman–Crippen MR) is 289 cm³/mol. The van der Waals surface area contributed by atoms with Crippen LogP contribution in [0.3, 0.4) is 0 Å². The molecule has 0 aliphatic heterocycles. The summed E-state index contributed by atoms with van der Waals surface area (Å²) in [6, 6.07) is 0. The third-order valence-corrected chi connectivity index (χ3v) is 13.2. The monoisotopic (exact) mass is 976 g/mol. The number of phosphoric ester groups is 1. The normalized spacial score (nSPS) is 13.5. The minimum atomic E-state index is -4.37. The van der Waals surface area contributed by atoms with E-state index in [1.54, 1.807) is 0 Å². The first-order valence-electron chi connectivity index (χ1n) is 28.3. The van der Waals surface area contributed by atoms with E-state index in [4.69, 9.17) is 24.3 Å². The van der Waals surface area contributed by atoms with E-state index in [0.29, 0.717) is 6.42 Å². The van der Waals surface area contributed by atoms with Gasteiger partial charge >= 0.3 is 19.8 Å². The molecule has 3 N–H and O–H groups in total. The van der Waals surface area contributed by atoms with Crippen LogP contribution in [-0.4, -0.2) is 49.3 Å². The van der Waals surface area contributed by atoms with Crippen LogP contribution >= 0.6 is 7.82 Å². The maximum Gasteiger partial charge on any atom is 0.472 e. The van der Waals surface area contributed by atoms with Crippen molar-refractivity contribution in [2.45, 2.75) is 270 Å². The Bertz CT molecular complexity index is 1300. The standard InChI is InChI=1S/C58H106NO8P/c1-3-5-7-9-11-13-14-15-16-17-18-19-20-21-22-23-24-25-26-27-28-29-30-31-32-33-34-35-36-37-38-39-40-41-42-43-45-47-49-51-58(61)67-56(55-66-68(62,63)65-53-52-59)54-64-57(60)50-48-46-44-12-10-8-6-4-2/h5,7,11,13,15-16,18-19,21-22,56H,3-4,6,8-10,12,14,17,20,23-55,59H2,1-2H3,(H,62,63)/b7-5-,13-11-,16-15-,19-18-,22-21-. The molecule has 0 radical (unpaired) electrons. The lowest BCUT2D eigenvalue weighted by Gasteiger charge is -2.19. The third kappa shape index (κ3) is 53.1. The van der Waals surface area contributed by atoms with E-state index < -0.39 is 26.5 Å². The molecule has 0 aromatic carbocycles. The van der Waals surface area contributed by atoms with Crippen molar-refractivity contribution < 1.29 is 37.6 Å². The Morgan fingerprint density at radius 1 is 0.456 bits per heavy atom. The Balaban J connectivity index is 3.70. The summed E-state index contributed by atoms with van der Waals surface area (Å²) < 4.78 is 32.8. The van der Waals surface area contributed by atoms with Gasteiger partial charge in [-0.3, -0.25) is 18.6 Å². The van der Waals surface area contributed by atoms with Crippen molar-refractivity contribution in [2.24, 2.45) is 5.73 Å². The molecule has 0 saturated heterocycles. The van der Waals surface area contributed by atoms with Gasteiger partial charge < -0.3 is 20.1 Å². The fraction of sp³-hybridized carbons (Fsp3) is 0.793. The second kappa shape index (κ2) is 54.1. The average Bonchev–Trinajstić information content (AvgIpc) is 3.33. The molecule has 0 spiro atoms. The maximum absolute atomic E-state index is 12.6. The van der Waals surface area contributed by atoms with Crippen LogP contribution in [0.4, 0.5) is 0 Å². The van der Waals surface area contributed by atoms with E-state index in [1.165, 1.54) is 167 Å². The van der Waals surface area contributed by atoms with Crippen LogP contribution in [0.5, 0.6) is 0 Å². The van der Waals surface area contributed by atoms with Crippen LogP contribution < -0.4 is 5.73 Å². The van der Waals surface area contributed by atoms with Crippen LogP contribution in [-0.2, 0) is 32.7 Å². The number of nitrogens with two attached hydrogens (primary N) is 1. The first kappa shape index (κ1) is 65.7. The molecule has 0 amide bonds. The number of hydrogen-bond donors (Lipinski definition) is 2. The molecular weight excluding hydrogens is 870 g/mol. The van der Waals surface area contributed by atoms with Crippen LogP contribution in [0.15, 0.2) is 60.8 Å². The van der Waals surface area contributed by atoms with Crippen LogP contribution in [0.25, 0.3) is 0 Å². The van der Waals surface area contributed by atoms with Gasteiger partial charge in [-0.15, -0.1) is 0 Å². The molecule has 68 heavy (non-hydrogen) atoms. The lowest BCUT2D eigenvalue weighted by Crippen LogP contribution is -2.29. The second-order valence-corrected chi connectivity index (χ2v) is 20.2. The number of phosphoric acid groups is 1. The molecule has 2 atom stereocenters. The first-order chi connectivity index (χ1) is 33.3. The third-order valence-electron chi connectivity index (χ3n) is 12.2. The minimum Gasteiger partial charge on any atom is -0.462 e. The highest BCUT2D eigenvalue weighted by Gasteiger charge is 2.26. The fourth-order valence-electron chi connectivity index (χ4n) is 8.02. The number of ether oxygens (including phenoxy) is 2. The van der Waals surface area contributed by atoms with Crippen molar-refractivity contribution in [3.8, 4) is 0 Å². The molecule has 0 fully saturated rings. The molecule has 0 aliphatic carbocycles. The van der Waals surface area contributed by atoms with Gasteiger partial charge in [0.1, 0.15) is 6.61 Å².